The second-order valence-electron chi connectivity index (χ2n) is 27.8. The van der Waals surface area contributed by atoms with E-state index in [4.69, 9.17) is 24.6 Å². The Morgan fingerprint density at radius 1 is 0.888 bits per heavy atom. The number of carbonyl (C=O) groups is 8. The number of nitrogens with one attached hydrogen (secondary N) is 5. The van der Waals surface area contributed by atoms with Crippen molar-refractivity contribution < 1.29 is 72.0 Å². The second-order valence-corrected chi connectivity index (χ2v) is 27.8. The first-order valence-corrected chi connectivity index (χ1v) is 33.8. The summed E-state index contributed by atoms with van der Waals surface area (Å²) in [4.78, 5) is 128. The van der Waals surface area contributed by atoms with Crippen molar-refractivity contribution in [2.45, 2.75) is 151 Å². The molecule has 1 saturated heterocycles. The highest BCUT2D eigenvalue weighted by molar-refractivity contribution is 6.22. The topological polar surface area (TPSA) is 351 Å². The summed E-state index contributed by atoms with van der Waals surface area (Å²) in [5, 5.41) is 48.6. The van der Waals surface area contributed by atoms with Gasteiger partial charge in [0.2, 0.25) is 23.2 Å². The van der Waals surface area contributed by atoms with Crippen LogP contribution in [0.1, 0.15) is 135 Å². The molecule has 25 nitrogen and oxygen atoms in total. The number of aliphatic hydroxyl groups excluding tert-OH is 1. The van der Waals surface area contributed by atoms with Crippen LogP contribution in [0, 0.1) is 36.5 Å². The Balaban J connectivity index is 0.915. The molecule has 98 heavy (non-hydrogen) atoms. The summed E-state index contributed by atoms with van der Waals surface area (Å²) in [5.74, 6) is -6.69. The third-order valence-corrected chi connectivity index (χ3v) is 19.2. The fourth-order valence-corrected chi connectivity index (χ4v) is 13.5. The smallest absolute Gasteiger partial charge is 0.312 e. The zero-order valence-electron chi connectivity index (χ0n) is 57.5. The van der Waals surface area contributed by atoms with Gasteiger partial charge in [0, 0.05) is 84.2 Å². The minimum absolute atomic E-state index is 0.00176. The van der Waals surface area contributed by atoms with Gasteiger partial charge in [0.25, 0.3) is 23.5 Å². The molecule has 10 rings (SSSR count). The Labute approximate surface area is 569 Å². The van der Waals surface area contributed by atoms with Gasteiger partial charge in [0.05, 0.1) is 56.5 Å². The molecule has 524 valence electrons. The average Bonchev–Trinajstić information content (AvgIpc) is 1.36. The van der Waals surface area contributed by atoms with Crippen molar-refractivity contribution >= 4 is 86.2 Å². The SMILES string of the molecule is C/C1=C/C=C/[C@H](C)C[C@@H](C)C[C@@H](C)[C@H](O)[C@H](C)C/C=C/O[C@@]2(C)Oc3c(C)c(O)c4c(=O)c(c5oc6cc(N7CC[N+](C)(Cc8ccc(NC(=O)[C@H](CCCNC(N)=O)NC(=O)[C@@H](NC(=O)CCCCCN9C(=O)C=CC9=O)C(C)C)cc8)CC7)cc(O)c6nc-5c4c3C2=O)NC1=O. The fraction of sp³-hybridized carbons (Fsp3) is 0.479. The molecule has 0 radical (unpaired) electrons. The number of amides is 8. The molecule has 7 aliphatic rings. The van der Waals surface area contributed by atoms with Gasteiger partial charge in [-0.1, -0.05) is 78.3 Å². The van der Waals surface area contributed by atoms with E-state index in [1.807, 2.05) is 32.1 Å². The lowest BCUT2D eigenvalue weighted by Crippen LogP contribution is -2.56. The quantitative estimate of drug-likeness (QED) is 0.0123. The molecule has 0 aromatic heterocycles. The number of benzene rings is 4. The number of hydrogen-bond acceptors (Lipinski definition) is 17. The lowest BCUT2D eigenvalue weighted by molar-refractivity contribution is -0.923. The molecule has 5 bridgehead atoms. The molecule has 0 saturated carbocycles. The van der Waals surface area contributed by atoms with Crippen LogP contribution in [0.25, 0.3) is 33.3 Å². The maximum atomic E-state index is 15.1. The number of aliphatic hydroxyl groups is 1. The summed E-state index contributed by atoms with van der Waals surface area (Å²) in [6.45, 7) is 19.7. The third kappa shape index (κ3) is 16.7. The number of nitrogens with two attached hydrogens (primary N) is 1. The number of hydrogen-bond donors (Lipinski definition) is 9. The van der Waals surface area contributed by atoms with E-state index in [9.17, 15) is 53.7 Å². The molecule has 25 heteroatoms. The van der Waals surface area contributed by atoms with Crippen LogP contribution in [0.4, 0.5) is 21.9 Å². The molecule has 6 aliphatic heterocycles. The summed E-state index contributed by atoms with van der Waals surface area (Å²) < 4.78 is 19.6. The summed E-state index contributed by atoms with van der Waals surface area (Å²) >= 11 is 0. The molecule has 8 atom stereocenters. The van der Waals surface area contributed by atoms with Crippen molar-refractivity contribution in [3.05, 3.63) is 112 Å². The zero-order valence-corrected chi connectivity index (χ0v) is 57.5. The normalized spacial score (nSPS) is 23.3. The van der Waals surface area contributed by atoms with Gasteiger partial charge in [0.1, 0.15) is 52.8 Å². The molecule has 6 heterocycles. The molecule has 3 aromatic rings. The van der Waals surface area contributed by atoms with Crippen LogP contribution in [0.3, 0.4) is 0 Å². The van der Waals surface area contributed by atoms with Gasteiger partial charge in [-0.15, -0.1) is 0 Å². The van der Waals surface area contributed by atoms with Crippen molar-refractivity contribution in [1.82, 2.24) is 25.8 Å². The van der Waals surface area contributed by atoms with E-state index in [1.54, 1.807) is 63.3 Å². The van der Waals surface area contributed by atoms with Crippen LogP contribution in [0.15, 0.2) is 93.9 Å². The number of likely N-dealkylation sites (N-methyl/N-ethyl adjacent to an activating group) is 1. The van der Waals surface area contributed by atoms with Crippen molar-refractivity contribution in [1.29, 1.82) is 0 Å². The molecule has 0 spiro atoms. The van der Waals surface area contributed by atoms with Crippen LogP contribution >= 0.6 is 0 Å². The summed E-state index contributed by atoms with van der Waals surface area (Å²) in [6.07, 6.45) is 14.5. The largest absolute Gasteiger partial charge is 0.507 e. The van der Waals surface area contributed by atoms with Gasteiger partial charge in [-0.2, -0.15) is 0 Å². The number of fused-ring (bicyclic) bond motifs is 14. The number of aromatic nitrogens is 1. The number of Topliss-reactive ketones (excluding diaryl/α,β-unsaturated/α-hetero) is 1. The molecular formula is C73H93N10O15+. The number of quaternary nitrogens is 1. The Bertz CT molecular complexity index is 4040. The average molecular weight is 1350 g/mol. The number of nitrogens with zero attached hydrogens (tertiary/aromatic N) is 4. The number of imide groups is 1. The van der Waals surface area contributed by atoms with Crippen LogP contribution in [0.2, 0.25) is 0 Å². The van der Waals surface area contributed by atoms with E-state index < -0.39 is 64.7 Å². The van der Waals surface area contributed by atoms with E-state index in [0.29, 0.717) is 80.7 Å². The number of ether oxygens (including phenoxy) is 2. The van der Waals surface area contributed by atoms with Gasteiger partial charge in [-0.25, -0.2) is 9.78 Å². The first-order chi connectivity index (χ1) is 46.5. The van der Waals surface area contributed by atoms with Gasteiger partial charge in [-0.05, 0) is 107 Å². The number of urea groups is 1. The van der Waals surface area contributed by atoms with Crippen LogP contribution in [-0.4, -0.2) is 147 Å². The molecule has 10 N–H and O–H groups in total. The van der Waals surface area contributed by atoms with Crippen LogP contribution < -0.4 is 47.4 Å². The van der Waals surface area contributed by atoms with Gasteiger partial charge >= 0.3 is 11.8 Å². The molecule has 3 aromatic carbocycles. The van der Waals surface area contributed by atoms with E-state index >= 15 is 4.79 Å². The summed E-state index contributed by atoms with van der Waals surface area (Å²) in [5.41, 5.74) is 6.16. The fourth-order valence-electron chi connectivity index (χ4n) is 13.5. The van der Waals surface area contributed by atoms with Crippen molar-refractivity contribution in [3.63, 3.8) is 0 Å². The summed E-state index contributed by atoms with van der Waals surface area (Å²) in [6, 6.07) is 7.85. The van der Waals surface area contributed by atoms with Crippen molar-refractivity contribution in [2.75, 3.05) is 61.8 Å². The number of anilines is 3. The molecule has 0 unspecified atom stereocenters. The van der Waals surface area contributed by atoms with E-state index in [0.717, 1.165) is 23.3 Å². The number of phenols is 2. The monoisotopic (exact) mass is 1350 g/mol. The lowest BCUT2D eigenvalue weighted by atomic mass is 9.83. The highest BCUT2D eigenvalue weighted by atomic mass is 16.7. The van der Waals surface area contributed by atoms with Crippen LogP contribution in [-0.2, 0) is 40.0 Å². The number of allylic oxidation sites excluding steroid dienone is 4. The number of ketones is 1. The van der Waals surface area contributed by atoms with E-state index in [2.05, 4.69) is 52.4 Å². The number of unbranched alkanes of at least 4 members (excludes halogenated alkanes) is 2. The molecule has 8 amide bonds. The van der Waals surface area contributed by atoms with Crippen molar-refractivity contribution in [3.8, 4) is 28.7 Å². The summed E-state index contributed by atoms with van der Waals surface area (Å²) in [7, 11) is 2.13. The Hall–Kier alpha value is -9.62. The predicted molar refractivity (Wildman–Crippen MR) is 371 cm³/mol. The zero-order chi connectivity index (χ0) is 71.1. The minimum Gasteiger partial charge on any atom is -0.507 e. The number of carbonyl (C=O) groups excluding carboxylic acids is 8. The molecule has 1 aliphatic carbocycles. The van der Waals surface area contributed by atoms with Crippen molar-refractivity contribution in [2.24, 2.45) is 35.3 Å². The number of piperazine rings is 1. The van der Waals surface area contributed by atoms with E-state index in [1.165, 1.54) is 32.3 Å². The Morgan fingerprint density at radius 2 is 1.59 bits per heavy atom. The number of aromatic hydroxyl groups is 2. The number of rotatable bonds is 19. The standard InChI is InChI=1S/C73H92N10O15/c1-40(2)59(78-53(85)21-12-11-13-29-82-54(86)26-27-55(82)87)71(94)77-50(20-15-28-75-72(74)95)70(93)76-48-24-22-47(23-25-48)39-83(10)32-30-81(31-33-83)49-37-51(84)60-52(38-49)97-67-61(79-60)56-57-64(89)46(8)66-58(56)68(91)73(9,98-66)96-34-16-19-43(5)63(88)45(7)36-42(4)35-41(3)17-14-18-44(6)69(92)80-62(67)65(57)90/h14,16-18,22-27,34,37-38,40-43,45,50,59,63,88H,11-13,15,19-21,28-33,35-36,39H2,1-10H3,(H8-,74,75,76,77,78,79,80,84,85,86,87,89,90,91,92,93,94,95)/p+1/b17-14+,34-16+,44-18-/t41-,42+,43+,45+,50-,59-,63+,73-/m0/s1. The van der Waals surface area contributed by atoms with Crippen LogP contribution in [0.5, 0.6) is 17.2 Å². The minimum atomic E-state index is -1.98. The van der Waals surface area contributed by atoms with Gasteiger partial charge in [0.15, 0.2) is 11.3 Å². The maximum Gasteiger partial charge on any atom is 0.312 e. The first kappa shape index (κ1) is 72.6. The lowest BCUT2D eigenvalue weighted by Gasteiger charge is -2.43. The highest BCUT2D eigenvalue weighted by Crippen LogP contribution is 2.51. The third-order valence-electron chi connectivity index (χ3n) is 19.2. The molecule has 1 fully saturated rings. The Kier molecular flexibility index (Phi) is 22.9. The predicted octanol–water partition coefficient (Wildman–Crippen LogP) is 8.48. The molecular weight excluding hydrogens is 1260 g/mol. The second kappa shape index (κ2) is 30.8. The Morgan fingerprint density at radius 3 is 2.28 bits per heavy atom. The highest BCUT2D eigenvalue weighted by Gasteiger charge is 2.50. The first-order valence-electron chi connectivity index (χ1n) is 33.8. The van der Waals surface area contributed by atoms with E-state index in [-0.39, 0.29) is 140 Å². The maximum absolute atomic E-state index is 15.1. The van der Waals surface area contributed by atoms with Gasteiger partial charge < -0.3 is 70.9 Å². The number of phenolic OH excluding ortho intramolecular Hbond substituents is 2. The number of primary amides is 1. The van der Waals surface area contributed by atoms with Gasteiger partial charge in [-0.3, -0.25) is 43.3 Å².